The molecule has 1 aromatic heterocycles. The van der Waals surface area contributed by atoms with Gasteiger partial charge in [-0.2, -0.15) is 0 Å². The fourth-order valence-corrected chi connectivity index (χ4v) is 6.45. The summed E-state index contributed by atoms with van der Waals surface area (Å²) >= 11 is 0. The summed E-state index contributed by atoms with van der Waals surface area (Å²) in [6.45, 7) is 6.38. The van der Waals surface area contributed by atoms with Crippen LogP contribution in [0.15, 0.2) is 182 Å². The predicted molar refractivity (Wildman–Crippen MR) is 208 cm³/mol. The summed E-state index contributed by atoms with van der Waals surface area (Å²) in [4.78, 5) is 0. The lowest BCUT2D eigenvalue weighted by Gasteiger charge is -2.08. The second-order valence-electron chi connectivity index (χ2n) is 12.5. The number of aromatic nitrogens is 1. The SMILES string of the molecule is Cc1ccc2ccccc2c1.Cc1ccc2ccccc2c1.Cc1cccc(-c2ccc3c(c2)c2ccccc2n3-c2ccccc2)c1. The van der Waals surface area contributed by atoms with Gasteiger partial charge in [0.15, 0.2) is 0 Å². The van der Waals surface area contributed by atoms with Crippen molar-refractivity contribution in [3.8, 4) is 16.8 Å². The zero-order valence-electron chi connectivity index (χ0n) is 27.8. The molecule has 1 heteroatoms. The summed E-state index contributed by atoms with van der Waals surface area (Å²) in [5.74, 6) is 0. The number of benzene rings is 8. The Kier molecular flexibility index (Phi) is 8.85. The number of para-hydroxylation sites is 2. The average Bonchev–Trinajstić information content (AvgIpc) is 3.46. The Morgan fingerprint density at radius 1 is 0.312 bits per heavy atom. The molecule has 232 valence electrons. The van der Waals surface area contributed by atoms with E-state index < -0.39 is 0 Å². The molecule has 9 rings (SSSR count). The number of hydrogen-bond acceptors (Lipinski definition) is 0. The van der Waals surface area contributed by atoms with Gasteiger partial charge < -0.3 is 4.57 Å². The largest absolute Gasteiger partial charge is 0.309 e. The second kappa shape index (κ2) is 13.8. The first-order chi connectivity index (χ1) is 23.5. The van der Waals surface area contributed by atoms with E-state index in [2.05, 4.69) is 207 Å². The van der Waals surface area contributed by atoms with Crippen LogP contribution >= 0.6 is 0 Å². The highest BCUT2D eigenvalue weighted by Gasteiger charge is 2.12. The molecule has 8 aromatic carbocycles. The zero-order valence-corrected chi connectivity index (χ0v) is 27.8. The molecule has 0 aliphatic heterocycles. The van der Waals surface area contributed by atoms with Gasteiger partial charge in [-0.3, -0.25) is 0 Å². The van der Waals surface area contributed by atoms with Crippen LogP contribution in [-0.2, 0) is 0 Å². The standard InChI is InChI=1S/C25H19N.2C11H10/c1-18-8-7-9-19(16-18)20-14-15-25-23(17-20)22-12-5-6-13-24(22)26(25)21-10-3-2-4-11-21;2*1-9-6-7-10-4-2-3-5-11(10)8-9/h2-17H,1H3;2*2-8H,1H3. The minimum atomic E-state index is 1.20. The van der Waals surface area contributed by atoms with Crippen LogP contribution in [0.25, 0.3) is 60.2 Å². The molecule has 1 nitrogen and oxygen atoms in total. The maximum Gasteiger partial charge on any atom is 0.0541 e. The highest BCUT2D eigenvalue weighted by atomic mass is 15.0. The molecule has 0 aliphatic carbocycles. The van der Waals surface area contributed by atoms with Gasteiger partial charge in [-0.25, -0.2) is 0 Å². The van der Waals surface area contributed by atoms with Crippen LogP contribution in [0.2, 0.25) is 0 Å². The topological polar surface area (TPSA) is 4.93 Å². The molecule has 9 aromatic rings. The van der Waals surface area contributed by atoms with E-state index >= 15 is 0 Å². The first kappa shape index (κ1) is 30.7. The minimum Gasteiger partial charge on any atom is -0.309 e. The lowest BCUT2D eigenvalue weighted by Crippen LogP contribution is -1.92. The fraction of sp³-hybridized carbons (Fsp3) is 0.0638. The van der Waals surface area contributed by atoms with Crippen molar-refractivity contribution in [1.82, 2.24) is 4.57 Å². The van der Waals surface area contributed by atoms with Crippen molar-refractivity contribution in [3.05, 3.63) is 199 Å². The lowest BCUT2D eigenvalue weighted by atomic mass is 10.0. The minimum absolute atomic E-state index is 1.20. The van der Waals surface area contributed by atoms with Gasteiger partial charge >= 0.3 is 0 Å². The third-order valence-electron chi connectivity index (χ3n) is 8.85. The first-order valence-corrected chi connectivity index (χ1v) is 16.6. The summed E-state index contributed by atoms with van der Waals surface area (Å²) in [6.07, 6.45) is 0. The van der Waals surface area contributed by atoms with E-state index in [1.807, 2.05) is 0 Å². The molecule has 0 aliphatic rings. The Labute approximate surface area is 283 Å². The van der Waals surface area contributed by atoms with Gasteiger partial charge in [0, 0.05) is 16.5 Å². The Morgan fingerprint density at radius 2 is 0.833 bits per heavy atom. The molecule has 0 saturated heterocycles. The fourth-order valence-electron chi connectivity index (χ4n) is 6.45. The highest BCUT2D eigenvalue weighted by Crippen LogP contribution is 2.35. The maximum atomic E-state index is 2.35. The molecule has 1 heterocycles. The van der Waals surface area contributed by atoms with Gasteiger partial charge in [0.25, 0.3) is 0 Å². The molecule has 0 fully saturated rings. The number of aryl methyl sites for hydroxylation is 3. The van der Waals surface area contributed by atoms with Crippen molar-refractivity contribution in [3.63, 3.8) is 0 Å². The monoisotopic (exact) mass is 617 g/mol. The molecule has 0 spiro atoms. The van der Waals surface area contributed by atoms with Crippen LogP contribution in [0.3, 0.4) is 0 Å². The molecule has 0 N–H and O–H groups in total. The highest BCUT2D eigenvalue weighted by molar-refractivity contribution is 6.10. The smallest absolute Gasteiger partial charge is 0.0541 e. The summed E-state index contributed by atoms with van der Waals surface area (Å²) in [6, 6.07) is 64.6. The predicted octanol–water partition coefficient (Wildman–Crippen LogP) is 13.1. The van der Waals surface area contributed by atoms with Gasteiger partial charge in [0.2, 0.25) is 0 Å². The molecule has 0 unspecified atom stereocenters. The summed E-state index contributed by atoms with van der Waals surface area (Å²) in [5.41, 5.74) is 10.1. The van der Waals surface area contributed by atoms with Crippen molar-refractivity contribution in [2.75, 3.05) is 0 Å². The molecule has 0 radical (unpaired) electrons. The van der Waals surface area contributed by atoms with E-state index in [-0.39, 0.29) is 0 Å². The molecule has 0 amide bonds. The van der Waals surface area contributed by atoms with Gasteiger partial charge in [-0.15, -0.1) is 0 Å². The van der Waals surface area contributed by atoms with Crippen molar-refractivity contribution in [2.45, 2.75) is 20.8 Å². The first-order valence-electron chi connectivity index (χ1n) is 16.6. The van der Waals surface area contributed by atoms with E-state index in [0.717, 1.165) is 0 Å². The Bertz CT molecular complexity index is 2410. The van der Waals surface area contributed by atoms with E-state index in [0.29, 0.717) is 0 Å². The Balaban J connectivity index is 0.000000136. The summed E-state index contributed by atoms with van der Waals surface area (Å²) < 4.78 is 2.35. The quantitative estimate of drug-likeness (QED) is 0.182. The van der Waals surface area contributed by atoms with Crippen LogP contribution in [0, 0.1) is 20.8 Å². The van der Waals surface area contributed by atoms with Crippen molar-refractivity contribution in [2.24, 2.45) is 0 Å². The Morgan fingerprint density at radius 3 is 1.48 bits per heavy atom. The van der Waals surface area contributed by atoms with Crippen molar-refractivity contribution < 1.29 is 0 Å². The van der Waals surface area contributed by atoms with Gasteiger partial charge in [0.05, 0.1) is 11.0 Å². The normalized spacial score (nSPS) is 10.8. The van der Waals surface area contributed by atoms with Crippen LogP contribution < -0.4 is 0 Å². The van der Waals surface area contributed by atoms with E-state index in [4.69, 9.17) is 0 Å². The molecule has 48 heavy (non-hydrogen) atoms. The molecular weight excluding hydrogens is 579 g/mol. The van der Waals surface area contributed by atoms with Gasteiger partial charge in [-0.05, 0) is 83.8 Å². The maximum absolute atomic E-state index is 2.35. The van der Waals surface area contributed by atoms with Crippen molar-refractivity contribution >= 4 is 43.4 Å². The average molecular weight is 618 g/mol. The molecule has 0 saturated carbocycles. The Hall–Kier alpha value is -5.92. The number of nitrogens with zero attached hydrogens (tertiary/aromatic N) is 1. The number of fused-ring (bicyclic) bond motifs is 5. The zero-order chi connectivity index (χ0) is 32.9. The molecular formula is C47H39N. The molecule has 0 bridgehead atoms. The number of rotatable bonds is 2. The van der Waals surface area contributed by atoms with Crippen LogP contribution in [0.1, 0.15) is 16.7 Å². The third-order valence-corrected chi connectivity index (χ3v) is 8.85. The van der Waals surface area contributed by atoms with Crippen LogP contribution in [-0.4, -0.2) is 4.57 Å². The summed E-state index contributed by atoms with van der Waals surface area (Å²) in [5, 5.41) is 7.88. The van der Waals surface area contributed by atoms with Gasteiger partial charge in [-0.1, -0.05) is 168 Å². The van der Waals surface area contributed by atoms with E-state index in [1.165, 1.54) is 76.9 Å². The van der Waals surface area contributed by atoms with Crippen molar-refractivity contribution in [1.29, 1.82) is 0 Å². The molecule has 0 atom stereocenters. The van der Waals surface area contributed by atoms with Crippen LogP contribution in [0.4, 0.5) is 0 Å². The van der Waals surface area contributed by atoms with Gasteiger partial charge in [0.1, 0.15) is 0 Å². The second-order valence-corrected chi connectivity index (χ2v) is 12.5. The number of hydrogen-bond donors (Lipinski definition) is 0. The van der Waals surface area contributed by atoms with E-state index in [9.17, 15) is 0 Å². The third kappa shape index (κ3) is 6.63. The van der Waals surface area contributed by atoms with E-state index in [1.54, 1.807) is 0 Å². The lowest BCUT2D eigenvalue weighted by molar-refractivity contribution is 1.18. The van der Waals surface area contributed by atoms with Crippen LogP contribution in [0.5, 0.6) is 0 Å². The summed E-state index contributed by atoms with van der Waals surface area (Å²) in [7, 11) is 0.